The van der Waals surface area contributed by atoms with Gasteiger partial charge >= 0.3 is 5.97 Å². The Morgan fingerprint density at radius 1 is 1.17 bits per heavy atom. The summed E-state index contributed by atoms with van der Waals surface area (Å²) >= 11 is 0. The van der Waals surface area contributed by atoms with Crippen LogP contribution in [-0.2, 0) is 17.6 Å². The number of methoxy groups -OCH3 is 2. The van der Waals surface area contributed by atoms with Gasteiger partial charge in [0.2, 0.25) is 0 Å². The molecule has 0 aromatic heterocycles. The second-order valence-corrected chi connectivity index (χ2v) is 5.91. The van der Waals surface area contributed by atoms with E-state index in [1.807, 2.05) is 36.4 Å². The minimum Gasteiger partial charge on any atom is -0.493 e. The maximum absolute atomic E-state index is 11.4. The Labute approximate surface area is 141 Å². The Balaban J connectivity index is 1.90. The number of aliphatic carboxylic acids is 1. The molecule has 0 aliphatic carbocycles. The molecule has 5 nitrogen and oxygen atoms in total. The molecule has 0 bridgehead atoms. The van der Waals surface area contributed by atoms with Crippen LogP contribution in [0.3, 0.4) is 0 Å². The van der Waals surface area contributed by atoms with Crippen LogP contribution in [0, 0.1) is 0 Å². The lowest BCUT2D eigenvalue weighted by atomic mass is 9.87. The first-order valence-electron chi connectivity index (χ1n) is 7.90. The molecule has 0 fully saturated rings. The Bertz CT molecular complexity index is 744. The zero-order valence-electron chi connectivity index (χ0n) is 13.8. The lowest BCUT2D eigenvalue weighted by Gasteiger charge is -2.31. The quantitative estimate of drug-likeness (QED) is 0.883. The number of rotatable bonds is 5. The molecule has 1 aliphatic rings. The van der Waals surface area contributed by atoms with Crippen LogP contribution in [0.1, 0.15) is 22.7 Å². The van der Waals surface area contributed by atoms with Gasteiger partial charge in [0.05, 0.1) is 14.2 Å². The van der Waals surface area contributed by atoms with Gasteiger partial charge in [-0.1, -0.05) is 30.3 Å². The maximum Gasteiger partial charge on any atom is 0.321 e. The highest BCUT2D eigenvalue weighted by Gasteiger charge is 2.30. The molecule has 2 N–H and O–H groups in total. The molecule has 0 radical (unpaired) electrons. The number of ether oxygens (including phenoxy) is 2. The third kappa shape index (κ3) is 3.21. The topological polar surface area (TPSA) is 67.8 Å². The number of carboxylic acid groups (broad SMARTS) is 1. The Morgan fingerprint density at radius 3 is 2.62 bits per heavy atom. The van der Waals surface area contributed by atoms with Gasteiger partial charge in [-0.25, -0.2) is 0 Å². The molecule has 126 valence electrons. The van der Waals surface area contributed by atoms with Gasteiger partial charge in [0.15, 0.2) is 11.5 Å². The van der Waals surface area contributed by atoms with E-state index in [0.717, 1.165) is 16.7 Å². The van der Waals surface area contributed by atoms with E-state index in [1.54, 1.807) is 14.2 Å². The van der Waals surface area contributed by atoms with Crippen LogP contribution in [0.2, 0.25) is 0 Å². The van der Waals surface area contributed by atoms with Crippen LogP contribution < -0.4 is 14.8 Å². The highest BCUT2D eigenvalue weighted by molar-refractivity contribution is 5.74. The zero-order valence-corrected chi connectivity index (χ0v) is 13.8. The third-order valence-electron chi connectivity index (χ3n) is 4.44. The lowest BCUT2D eigenvalue weighted by Crippen LogP contribution is -2.45. The molecule has 0 saturated carbocycles. The van der Waals surface area contributed by atoms with Crippen molar-refractivity contribution >= 4 is 5.97 Å². The first kappa shape index (κ1) is 16.3. The van der Waals surface area contributed by atoms with E-state index in [-0.39, 0.29) is 6.04 Å². The number of carbonyl (C=O) groups is 1. The van der Waals surface area contributed by atoms with Crippen molar-refractivity contribution in [2.75, 3.05) is 14.2 Å². The summed E-state index contributed by atoms with van der Waals surface area (Å²) in [6, 6.07) is 13.2. The molecule has 0 saturated heterocycles. The zero-order chi connectivity index (χ0) is 17.1. The summed E-state index contributed by atoms with van der Waals surface area (Å²) < 4.78 is 10.6. The van der Waals surface area contributed by atoms with Gasteiger partial charge in [-0.2, -0.15) is 0 Å². The van der Waals surface area contributed by atoms with Gasteiger partial charge in [0, 0.05) is 6.04 Å². The van der Waals surface area contributed by atoms with Crippen LogP contribution in [0.5, 0.6) is 11.5 Å². The fourth-order valence-corrected chi connectivity index (χ4v) is 3.24. The van der Waals surface area contributed by atoms with E-state index in [0.29, 0.717) is 24.3 Å². The second kappa shape index (κ2) is 6.93. The Morgan fingerprint density at radius 2 is 1.92 bits per heavy atom. The highest BCUT2D eigenvalue weighted by atomic mass is 16.5. The Hall–Kier alpha value is -2.53. The fraction of sp³-hybridized carbons (Fsp3) is 0.316. The summed E-state index contributed by atoms with van der Waals surface area (Å²) in [5.74, 6) is 0.539. The van der Waals surface area contributed by atoms with Crippen LogP contribution in [0.15, 0.2) is 42.5 Å². The van der Waals surface area contributed by atoms with Crippen molar-refractivity contribution in [2.24, 2.45) is 0 Å². The molecule has 0 spiro atoms. The molecule has 2 aromatic carbocycles. The van der Waals surface area contributed by atoms with E-state index in [1.165, 1.54) is 0 Å². The van der Waals surface area contributed by atoms with Gasteiger partial charge in [-0.15, -0.1) is 0 Å². The molecule has 2 atom stereocenters. The van der Waals surface area contributed by atoms with Crippen LogP contribution in [-0.4, -0.2) is 31.3 Å². The van der Waals surface area contributed by atoms with Crippen molar-refractivity contribution in [1.29, 1.82) is 0 Å². The summed E-state index contributed by atoms with van der Waals surface area (Å²) in [4.78, 5) is 11.4. The minimum atomic E-state index is -0.818. The molecule has 0 amide bonds. The highest BCUT2D eigenvalue weighted by Crippen LogP contribution is 2.32. The van der Waals surface area contributed by atoms with E-state index < -0.39 is 12.0 Å². The first-order valence-corrected chi connectivity index (χ1v) is 7.90. The molecular formula is C19H21NO4. The molecule has 1 heterocycles. The van der Waals surface area contributed by atoms with Gasteiger partial charge in [-0.05, 0) is 41.7 Å². The fourth-order valence-electron chi connectivity index (χ4n) is 3.24. The number of benzene rings is 2. The summed E-state index contributed by atoms with van der Waals surface area (Å²) in [5, 5.41) is 12.7. The average molecular weight is 327 g/mol. The Kier molecular flexibility index (Phi) is 4.71. The molecule has 24 heavy (non-hydrogen) atoms. The van der Waals surface area contributed by atoms with Gasteiger partial charge in [-0.3, -0.25) is 10.1 Å². The summed E-state index contributed by atoms with van der Waals surface area (Å²) in [7, 11) is 3.21. The average Bonchev–Trinajstić information content (AvgIpc) is 2.61. The molecular weight excluding hydrogens is 306 g/mol. The van der Waals surface area contributed by atoms with Crippen molar-refractivity contribution in [3.63, 3.8) is 0 Å². The summed E-state index contributed by atoms with van der Waals surface area (Å²) in [5.41, 5.74) is 3.31. The van der Waals surface area contributed by atoms with E-state index in [2.05, 4.69) is 11.4 Å². The van der Waals surface area contributed by atoms with Crippen LogP contribution in [0.4, 0.5) is 0 Å². The number of fused-ring (bicyclic) bond motifs is 1. The summed E-state index contributed by atoms with van der Waals surface area (Å²) in [6.07, 6.45) is 1.19. The van der Waals surface area contributed by atoms with Crippen LogP contribution >= 0.6 is 0 Å². The largest absolute Gasteiger partial charge is 0.493 e. The molecule has 2 aromatic rings. The SMILES string of the molecule is COc1ccc(CC2NC(C(=O)O)Cc3ccccc32)cc1OC. The number of carboxylic acids is 1. The van der Waals surface area contributed by atoms with Crippen molar-refractivity contribution in [2.45, 2.75) is 24.9 Å². The van der Waals surface area contributed by atoms with E-state index in [4.69, 9.17) is 9.47 Å². The molecule has 2 unspecified atom stereocenters. The van der Waals surface area contributed by atoms with Gasteiger partial charge in [0.1, 0.15) is 6.04 Å². The monoisotopic (exact) mass is 327 g/mol. The van der Waals surface area contributed by atoms with Crippen molar-refractivity contribution < 1.29 is 19.4 Å². The standard InChI is InChI=1S/C19H21NO4/c1-23-17-8-7-12(10-18(17)24-2)9-15-14-6-4-3-5-13(14)11-16(20-15)19(21)22/h3-8,10,15-16,20H,9,11H2,1-2H3,(H,21,22). The molecule has 5 heteroatoms. The summed E-state index contributed by atoms with van der Waals surface area (Å²) in [6.45, 7) is 0. The number of hydrogen-bond acceptors (Lipinski definition) is 4. The van der Waals surface area contributed by atoms with Crippen molar-refractivity contribution in [3.05, 3.63) is 59.2 Å². The van der Waals surface area contributed by atoms with Gasteiger partial charge in [0.25, 0.3) is 0 Å². The molecule has 1 aliphatic heterocycles. The van der Waals surface area contributed by atoms with E-state index in [9.17, 15) is 9.90 Å². The number of nitrogens with one attached hydrogen (secondary N) is 1. The first-order chi connectivity index (χ1) is 11.6. The van der Waals surface area contributed by atoms with Gasteiger partial charge < -0.3 is 14.6 Å². The van der Waals surface area contributed by atoms with Crippen LogP contribution in [0.25, 0.3) is 0 Å². The smallest absolute Gasteiger partial charge is 0.321 e. The maximum atomic E-state index is 11.4. The third-order valence-corrected chi connectivity index (χ3v) is 4.44. The lowest BCUT2D eigenvalue weighted by molar-refractivity contribution is -0.139. The predicted octanol–water partition coefficient (Wildman–Crippen LogP) is 2.59. The second-order valence-electron chi connectivity index (χ2n) is 5.91. The number of hydrogen-bond donors (Lipinski definition) is 2. The molecule has 3 rings (SSSR count). The van der Waals surface area contributed by atoms with E-state index >= 15 is 0 Å². The van der Waals surface area contributed by atoms with Crippen molar-refractivity contribution in [1.82, 2.24) is 5.32 Å². The predicted molar refractivity (Wildman–Crippen MR) is 90.7 cm³/mol. The minimum absolute atomic E-state index is 0.0471. The van der Waals surface area contributed by atoms with Crippen molar-refractivity contribution in [3.8, 4) is 11.5 Å². The normalized spacial score (nSPS) is 19.4.